The second-order valence-corrected chi connectivity index (χ2v) is 14.4. The average Bonchev–Trinajstić information content (AvgIpc) is 3.58. The van der Waals surface area contributed by atoms with Gasteiger partial charge in [0.1, 0.15) is 0 Å². The quantitative estimate of drug-likeness (QED) is 0.275. The summed E-state index contributed by atoms with van der Waals surface area (Å²) in [6, 6.07) is 22.0. The third-order valence-corrected chi connectivity index (χ3v) is 12.1. The molecule has 0 heterocycles. The van der Waals surface area contributed by atoms with Gasteiger partial charge >= 0.3 is 146 Å². The maximum atomic E-state index is 2.46. The molecule has 0 aliphatic heterocycles. The molecule has 178 valence electrons. The van der Waals surface area contributed by atoms with Crippen molar-refractivity contribution in [2.45, 2.75) is 52.6 Å². The Morgan fingerprint density at radius 1 is 0.686 bits per heavy atom. The minimum atomic E-state index is -0.312. The van der Waals surface area contributed by atoms with Crippen LogP contribution in [0.4, 0.5) is 0 Å². The molecule has 0 unspecified atom stereocenters. The molecular weight excluding hydrogens is 604 g/mol. The van der Waals surface area contributed by atoms with Crippen LogP contribution in [0.15, 0.2) is 116 Å². The molecule has 4 rings (SSSR count). The zero-order chi connectivity index (χ0) is 25.3. The summed E-state index contributed by atoms with van der Waals surface area (Å²) in [5.41, 5.74) is 2.44. The van der Waals surface area contributed by atoms with E-state index in [1.807, 2.05) is 36.4 Å². The zero-order valence-electron chi connectivity index (χ0n) is 21.6. The van der Waals surface area contributed by atoms with Crippen LogP contribution in [0, 0.1) is 0 Å². The van der Waals surface area contributed by atoms with Gasteiger partial charge in [-0.25, -0.2) is 0 Å². The molecule has 2 radical (unpaired) electrons. The number of benzene rings is 2. The molecule has 3 heteroatoms. The SMILES string of the molecule is C(C=Cc1ccccc1)=Cc1ccccc1.C1=CC[C]([Zr][C]2=CC=CC2)=C1.CC(C)[N]([In])C(C)C. The van der Waals surface area contributed by atoms with Crippen LogP contribution < -0.4 is 0 Å². The Balaban J connectivity index is 0.000000198. The van der Waals surface area contributed by atoms with Crippen LogP contribution >= 0.6 is 0 Å². The molecule has 2 aliphatic carbocycles. The van der Waals surface area contributed by atoms with E-state index in [0.29, 0.717) is 0 Å². The molecule has 0 atom stereocenters. The minimum absolute atomic E-state index is 0.312. The molecule has 0 saturated carbocycles. The van der Waals surface area contributed by atoms with Crippen LogP contribution in [0.1, 0.15) is 51.7 Å². The first kappa shape index (κ1) is 29.8. The molecule has 0 spiro atoms. The predicted octanol–water partition coefficient (Wildman–Crippen LogP) is 8.36. The van der Waals surface area contributed by atoms with Gasteiger partial charge in [0.25, 0.3) is 0 Å². The van der Waals surface area contributed by atoms with Gasteiger partial charge in [0, 0.05) is 0 Å². The van der Waals surface area contributed by atoms with Gasteiger partial charge in [-0.3, -0.25) is 0 Å². The molecule has 1 nitrogen and oxygen atoms in total. The van der Waals surface area contributed by atoms with Gasteiger partial charge in [0.05, 0.1) is 0 Å². The Kier molecular flexibility index (Phi) is 15.3. The average molecular weight is 643 g/mol. The van der Waals surface area contributed by atoms with Crippen LogP contribution in [-0.4, -0.2) is 39.6 Å². The van der Waals surface area contributed by atoms with Crippen LogP contribution in [0.25, 0.3) is 12.2 Å². The first-order chi connectivity index (χ1) is 17.0. The van der Waals surface area contributed by atoms with Gasteiger partial charge in [0.15, 0.2) is 0 Å². The second kappa shape index (κ2) is 17.9. The second-order valence-electron chi connectivity index (χ2n) is 8.95. The summed E-state index contributed by atoms with van der Waals surface area (Å²) < 4.78 is 5.91. The van der Waals surface area contributed by atoms with Crippen molar-refractivity contribution in [1.29, 1.82) is 0 Å². The molecule has 35 heavy (non-hydrogen) atoms. The number of hydrogen-bond acceptors (Lipinski definition) is 1. The predicted molar refractivity (Wildman–Crippen MR) is 152 cm³/mol. The van der Waals surface area contributed by atoms with Crippen molar-refractivity contribution in [3.05, 3.63) is 127 Å². The number of allylic oxidation sites excluding steroid dienone is 10. The van der Waals surface area contributed by atoms with Gasteiger partial charge in [0.2, 0.25) is 0 Å². The van der Waals surface area contributed by atoms with Crippen LogP contribution in [-0.2, 0) is 23.2 Å². The summed E-state index contributed by atoms with van der Waals surface area (Å²) in [5.74, 6) is 0. The Morgan fingerprint density at radius 2 is 1.09 bits per heavy atom. The number of nitrogens with zero attached hydrogens (tertiary/aromatic N) is 1. The molecule has 0 saturated heterocycles. The first-order valence-corrected chi connectivity index (χ1v) is 16.3. The van der Waals surface area contributed by atoms with Crippen LogP contribution in [0.3, 0.4) is 0 Å². The third-order valence-electron chi connectivity index (χ3n) is 5.34. The first-order valence-electron chi connectivity index (χ1n) is 12.4. The van der Waals surface area contributed by atoms with Crippen molar-refractivity contribution >= 4 is 36.8 Å². The number of hydrogen-bond donors (Lipinski definition) is 0. The monoisotopic (exact) mass is 641 g/mol. The molecule has 2 aliphatic rings. The molecular formula is C32H38InNZr. The summed E-state index contributed by atoms with van der Waals surface area (Å²) in [6.45, 7) is 8.96. The van der Waals surface area contributed by atoms with E-state index in [-0.39, 0.29) is 23.2 Å². The summed E-state index contributed by atoms with van der Waals surface area (Å²) in [6.07, 6.45) is 24.3. The summed E-state index contributed by atoms with van der Waals surface area (Å²) in [5, 5.41) is 0. The van der Waals surface area contributed by atoms with E-state index in [9.17, 15) is 0 Å². The molecule has 0 aromatic heterocycles. The van der Waals surface area contributed by atoms with Crippen molar-refractivity contribution in [2.75, 3.05) is 0 Å². The van der Waals surface area contributed by atoms with E-state index in [2.05, 4.69) is 116 Å². The van der Waals surface area contributed by atoms with Gasteiger partial charge < -0.3 is 0 Å². The van der Waals surface area contributed by atoms with Crippen molar-refractivity contribution < 1.29 is 23.2 Å². The van der Waals surface area contributed by atoms with E-state index in [1.54, 1.807) is 6.56 Å². The van der Waals surface area contributed by atoms with Gasteiger partial charge in [-0.1, -0.05) is 85.0 Å². The van der Waals surface area contributed by atoms with Crippen molar-refractivity contribution in [3.8, 4) is 0 Å². The standard InChI is InChI=1S/C16H14.C6H14N.2C5H5.In.Zr/c1-3-9-15(10-4-1)13-7-8-14-16-11-5-2-6-12-16;1-5(2)7-6(3)4;2*1-2-4-5-3-1;;/h1-14H;5-6H,1-4H3;2*1-3H,4H2;;/q;-1;;;+1;. The third kappa shape index (κ3) is 13.5. The van der Waals surface area contributed by atoms with Crippen LogP contribution in [0.5, 0.6) is 0 Å². The molecule has 0 fully saturated rings. The van der Waals surface area contributed by atoms with Crippen LogP contribution in [0.2, 0.25) is 0 Å². The molecule has 0 bridgehead atoms. The molecule has 2 aromatic carbocycles. The Hall–Kier alpha value is -1.41. The fourth-order valence-corrected chi connectivity index (χ4v) is 6.32. The summed E-state index contributed by atoms with van der Waals surface area (Å²) >= 11 is 0.941. The fraction of sp³-hybridized carbons (Fsp3) is 0.250. The van der Waals surface area contributed by atoms with Gasteiger partial charge in [-0.15, -0.1) is 0 Å². The molecule has 2 aromatic rings. The van der Waals surface area contributed by atoms with E-state index >= 15 is 0 Å². The topological polar surface area (TPSA) is 3.24 Å². The van der Waals surface area contributed by atoms with Gasteiger partial charge in [-0.2, -0.15) is 0 Å². The molecule has 0 amide bonds. The Labute approximate surface area is 240 Å². The van der Waals surface area contributed by atoms with Crippen molar-refractivity contribution in [1.82, 2.24) is 2.89 Å². The van der Waals surface area contributed by atoms with E-state index in [1.165, 1.54) is 48.6 Å². The fourth-order valence-electron chi connectivity index (χ4n) is 3.34. The number of rotatable bonds is 7. The van der Waals surface area contributed by atoms with Crippen molar-refractivity contribution in [3.63, 3.8) is 0 Å². The Bertz CT molecular complexity index is 944. The molecule has 0 N–H and O–H groups in total. The Morgan fingerprint density at radius 3 is 1.37 bits per heavy atom. The van der Waals surface area contributed by atoms with E-state index in [4.69, 9.17) is 0 Å². The summed E-state index contributed by atoms with van der Waals surface area (Å²) in [4.78, 5) is 0. The van der Waals surface area contributed by atoms with E-state index in [0.717, 1.165) is 12.1 Å². The summed E-state index contributed by atoms with van der Waals surface area (Å²) in [7, 11) is 0. The maximum absolute atomic E-state index is 2.46. The van der Waals surface area contributed by atoms with Gasteiger partial charge in [-0.05, 0) is 11.1 Å². The zero-order valence-corrected chi connectivity index (χ0v) is 27.4. The van der Waals surface area contributed by atoms with Crippen molar-refractivity contribution in [2.24, 2.45) is 0 Å². The normalized spacial score (nSPS) is 14.3. The van der Waals surface area contributed by atoms with E-state index < -0.39 is 0 Å².